The summed E-state index contributed by atoms with van der Waals surface area (Å²) in [5.74, 6) is -1.80. The third kappa shape index (κ3) is 3.09. The largest absolute Gasteiger partial charge is 0.488 e. The Kier molecular flexibility index (Phi) is 4.05. The molecule has 6 heteroatoms. The number of hydrogen-bond acceptors (Lipinski definition) is 4. The summed E-state index contributed by atoms with van der Waals surface area (Å²) in [6, 6.07) is 10.2. The van der Waals surface area contributed by atoms with Crippen LogP contribution in [0, 0.1) is 17.1 Å². The standard InChI is InChI=1S/C15H11FN2O3/c16-14-9(7-17)2-1-3-10(14)8-21-13-6-11(18)4-5-12(13)15(19)20/h1-6H,8,18H2,(H,19,20). The second kappa shape index (κ2) is 5.92. The van der Waals surface area contributed by atoms with Crippen molar-refractivity contribution in [1.82, 2.24) is 0 Å². The number of benzene rings is 2. The number of halogens is 1. The molecule has 106 valence electrons. The van der Waals surface area contributed by atoms with Crippen molar-refractivity contribution < 1.29 is 19.0 Å². The zero-order valence-electron chi connectivity index (χ0n) is 10.8. The van der Waals surface area contributed by atoms with Crippen LogP contribution in [0.2, 0.25) is 0 Å². The van der Waals surface area contributed by atoms with Gasteiger partial charge in [-0.3, -0.25) is 0 Å². The second-order valence-corrected chi connectivity index (χ2v) is 4.24. The van der Waals surface area contributed by atoms with Gasteiger partial charge in [0.2, 0.25) is 0 Å². The van der Waals surface area contributed by atoms with E-state index in [0.29, 0.717) is 5.69 Å². The molecule has 0 saturated heterocycles. The van der Waals surface area contributed by atoms with E-state index in [4.69, 9.17) is 20.8 Å². The zero-order valence-corrected chi connectivity index (χ0v) is 10.8. The van der Waals surface area contributed by atoms with E-state index in [1.54, 1.807) is 6.07 Å². The normalized spacial score (nSPS) is 9.90. The van der Waals surface area contributed by atoms with Crippen molar-refractivity contribution in [2.45, 2.75) is 6.61 Å². The van der Waals surface area contributed by atoms with E-state index >= 15 is 0 Å². The van der Waals surface area contributed by atoms with Crippen LogP contribution in [0.5, 0.6) is 5.75 Å². The van der Waals surface area contributed by atoms with Gasteiger partial charge in [0.1, 0.15) is 29.8 Å². The third-order valence-electron chi connectivity index (χ3n) is 2.82. The van der Waals surface area contributed by atoms with Crippen molar-refractivity contribution >= 4 is 11.7 Å². The summed E-state index contributed by atoms with van der Waals surface area (Å²) < 4.78 is 19.2. The van der Waals surface area contributed by atoms with Crippen LogP contribution in [0.3, 0.4) is 0 Å². The number of rotatable bonds is 4. The number of aromatic carboxylic acids is 1. The fourth-order valence-electron chi connectivity index (χ4n) is 1.77. The molecular formula is C15H11FN2O3. The Morgan fingerprint density at radius 1 is 1.38 bits per heavy atom. The SMILES string of the molecule is N#Cc1cccc(COc2cc(N)ccc2C(=O)O)c1F. The van der Waals surface area contributed by atoms with E-state index in [2.05, 4.69) is 0 Å². The Hall–Kier alpha value is -3.07. The summed E-state index contributed by atoms with van der Waals surface area (Å²) in [5, 5.41) is 17.8. The van der Waals surface area contributed by atoms with E-state index in [-0.39, 0.29) is 29.0 Å². The molecule has 0 aliphatic carbocycles. The van der Waals surface area contributed by atoms with Crippen LogP contribution < -0.4 is 10.5 Å². The number of carboxylic acid groups (broad SMARTS) is 1. The minimum atomic E-state index is -1.17. The Bertz CT molecular complexity index is 738. The van der Waals surface area contributed by atoms with Crippen LogP contribution in [-0.2, 0) is 6.61 Å². The van der Waals surface area contributed by atoms with Crippen molar-refractivity contribution in [3.63, 3.8) is 0 Å². The van der Waals surface area contributed by atoms with Gasteiger partial charge in [-0.25, -0.2) is 9.18 Å². The molecule has 2 aromatic rings. The molecule has 0 bridgehead atoms. The van der Waals surface area contributed by atoms with E-state index in [1.165, 1.54) is 36.4 Å². The average molecular weight is 286 g/mol. The Morgan fingerprint density at radius 2 is 2.14 bits per heavy atom. The van der Waals surface area contributed by atoms with Gasteiger partial charge in [-0.1, -0.05) is 12.1 Å². The quantitative estimate of drug-likeness (QED) is 0.842. The van der Waals surface area contributed by atoms with Crippen LogP contribution in [0.25, 0.3) is 0 Å². The van der Waals surface area contributed by atoms with Crippen LogP contribution in [0.4, 0.5) is 10.1 Å². The van der Waals surface area contributed by atoms with Crippen molar-refractivity contribution in [3.8, 4) is 11.8 Å². The molecule has 3 N–H and O–H groups in total. The average Bonchev–Trinajstić information content (AvgIpc) is 2.46. The molecule has 0 spiro atoms. The third-order valence-corrected chi connectivity index (χ3v) is 2.82. The number of hydrogen-bond donors (Lipinski definition) is 2. The predicted molar refractivity (Wildman–Crippen MR) is 73.3 cm³/mol. The molecule has 2 rings (SSSR count). The summed E-state index contributed by atoms with van der Waals surface area (Å²) in [4.78, 5) is 11.1. The number of anilines is 1. The van der Waals surface area contributed by atoms with Gasteiger partial charge in [-0.05, 0) is 18.2 Å². The molecule has 0 aromatic heterocycles. The van der Waals surface area contributed by atoms with E-state index in [0.717, 1.165) is 0 Å². The molecule has 5 nitrogen and oxygen atoms in total. The maximum absolute atomic E-state index is 13.9. The van der Waals surface area contributed by atoms with Crippen molar-refractivity contribution in [3.05, 3.63) is 58.9 Å². The van der Waals surface area contributed by atoms with Gasteiger partial charge in [0.25, 0.3) is 0 Å². The zero-order chi connectivity index (χ0) is 15.4. The molecule has 0 atom stereocenters. The molecule has 0 aliphatic rings. The summed E-state index contributed by atoms with van der Waals surface area (Å²) >= 11 is 0. The van der Waals surface area contributed by atoms with Crippen LogP contribution in [0.1, 0.15) is 21.5 Å². The molecule has 2 aromatic carbocycles. The van der Waals surface area contributed by atoms with Crippen LogP contribution >= 0.6 is 0 Å². The lowest BCUT2D eigenvalue weighted by atomic mass is 10.1. The highest BCUT2D eigenvalue weighted by Gasteiger charge is 2.13. The lowest BCUT2D eigenvalue weighted by Crippen LogP contribution is -2.05. The molecular weight excluding hydrogens is 275 g/mol. The summed E-state index contributed by atoms with van der Waals surface area (Å²) in [5.41, 5.74) is 5.91. The predicted octanol–water partition coefficient (Wildman–Crippen LogP) is 2.56. The molecule has 0 unspecified atom stereocenters. The maximum Gasteiger partial charge on any atom is 0.339 e. The van der Waals surface area contributed by atoms with Gasteiger partial charge in [-0.15, -0.1) is 0 Å². The van der Waals surface area contributed by atoms with Gasteiger partial charge in [0.15, 0.2) is 0 Å². The van der Waals surface area contributed by atoms with E-state index in [9.17, 15) is 9.18 Å². The van der Waals surface area contributed by atoms with Gasteiger partial charge in [0, 0.05) is 17.3 Å². The Balaban J connectivity index is 2.27. The Labute approximate surface area is 120 Å². The fourth-order valence-corrected chi connectivity index (χ4v) is 1.77. The number of nitrogen functional groups attached to an aromatic ring is 1. The molecule has 0 aliphatic heterocycles. The van der Waals surface area contributed by atoms with E-state index < -0.39 is 11.8 Å². The monoisotopic (exact) mass is 286 g/mol. The number of carboxylic acids is 1. The number of nitriles is 1. The first kappa shape index (κ1) is 14.3. The molecule has 0 heterocycles. The van der Waals surface area contributed by atoms with Crippen LogP contribution in [-0.4, -0.2) is 11.1 Å². The van der Waals surface area contributed by atoms with Gasteiger partial charge < -0.3 is 15.6 Å². The summed E-state index contributed by atoms with van der Waals surface area (Å²) in [6.45, 7) is -0.203. The van der Waals surface area contributed by atoms with Gasteiger partial charge >= 0.3 is 5.97 Å². The first-order valence-corrected chi connectivity index (χ1v) is 5.96. The number of ether oxygens (including phenoxy) is 1. The fraction of sp³-hybridized carbons (Fsp3) is 0.0667. The molecule has 0 radical (unpaired) electrons. The molecule has 0 saturated carbocycles. The smallest absolute Gasteiger partial charge is 0.339 e. The number of nitrogens with two attached hydrogens (primary N) is 1. The van der Waals surface area contributed by atoms with Crippen molar-refractivity contribution in [1.29, 1.82) is 5.26 Å². The van der Waals surface area contributed by atoms with Crippen LogP contribution in [0.15, 0.2) is 36.4 Å². The van der Waals surface area contributed by atoms with Crippen molar-refractivity contribution in [2.75, 3.05) is 5.73 Å². The highest BCUT2D eigenvalue weighted by molar-refractivity contribution is 5.91. The van der Waals surface area contributed by atoms with Crippen molar-refractivity contribution in [2.24, 2.45) is 0 Å². The molecule has 0 fully saturated rings. The first-order valence-electron chi connectivity index (χ1n) is 5.96. The number of carbonyl (C=O) groups is 1. The minimum absolute atomic E-state index is 0.0456. The topological polar surface area (TPSA) is 96.3 Å². The summed E-state index contributed by atoms with van der Waals surface area (Å²) in [6.07, 6.45) is 0. The van der Waals surface area contributed by atoms with E-state index in [1.807, 2.05) is 0 Å². The lowest BCUT2D eigenvalue weighted by molar-refractivity contribution is 0.0692. The molecule has 21 heavy (non-hydrogen) atoms. The number of nitrogens with zero attached hydrogens (tertiary/aromatic N) is 1. The first-order chi connectivity index (χ1) is 10.0. The highest BCUT2D eigenvalue weighted by atomic mass is 19.1. The van der Waals surface area contributed by atoms with Gasteiger partial charge in [-0.2, -0.15) is 5.26 Å². The lowest BCUT2D eigenvalue weighted by Gasteiger charge is -2.11. The van der Waals surface area contributed by atoms with Gasteiger partial charge in [0.05, 0.1) is 5.56 Å². The molecule has 0 amide bonds. The second-order valence-electron chi connectivity index (χ2n) is 4.24. The minimum Gasteiger partial charge on any atom is -0.488 e. The Morgan fingerprint density at radius 3 is 2.81 bits per heavy atom. The summed E-state index contributed by atoms with van der Waals surface area (Å²) in [7, 11) is 0. The highest BCUT2D eigenvalue weighted by Crippen LogP contribution is 2.24. The maximum atomic E-state index is 13.9.